The molecule has 0 saturated heterocycles. The zero-order valence-corrected chi connectivity index (χ0v) is 14.5. The summed E-state index contributed by atoms with van der Waals surface area (Å²) in [5.41, 5.74) is 1.79. The molecule has 1 amide bonds. The van der Waals surface area contributed by atoms with Crippen LogP contribution in [0.2, 0.25) is 5.02 Å². The molecule has 0 aliphatic carbocycles. The van der Waals surface area contributed by atoms with Crippen molar-refractivity contribution in [2.24, 2.45) is 0 Å². The van der Waals surface area contributed by atoms with E-state index in [4.69, 9.17) is 11.6 Å². The van der Waals surface area contributed by atoms with Crippen molar-refractivity contribution >= 4 is 45.8 Å². The average molecular weight is 415 g/mol. The maximum Gasteiger partial charge on any atom is 0.238 e. The SMILES string of the molecule is C[C@@H](NCC(=O)Nc1cccc(I)c1)c1ccccc1Cl. The molecule has 0 aliphatic rings. The van der Waals surface area contributed by atoms with Crippen molar-refractivity contribution in [1.82, 2.24) is 5.32 Å². The van der Waals surface area contributed by atoms with Gasteiger partial charge < -0.3 is 10.6 Å². The fraction of sp³-hybridized carbons (Fsp3) is 0.188. The number of carbonyl (C=O) groups excluding carboxylic acids is 1. The van der Waals surface area contributed by atoms with Gasteiger partial charge >= 0.3 is 0 Å². The van der Waals surface area contributed by atoms with E-state index in [1.54, 1.807) is 0 Å². The van der Waals surface area contributed by atoms with Crippen LogP contribution in [-0.2, 0) is 4.79 Å². The Morgan fingerprint density at radius 1 is 1.24 bits per heavy atom. The fourth-order valence-corrected chi connectivity index (χ4v) is 2.80. The third-order valence-corrected chi connectivity index (χ3v) is 4.06. The predicted octanol–water partition coefficient (Wildman–Crippen LogP) is 4.23. The lowest BCUT2D eigenvalue weighted by molar-refractivity contribution is -0.115. The molecule has 0 heterocycles. The minimum atomic E-state index is -0.0732. The molecule has 0 bridgehead atoms. The van der Waals surface area contributed by atoms with Gasteiger partial charge in [0.25, 0.3) is 0 Å². The van der Waals surface area contributed by atoms with Crippen LogP contribution in [0.3, 0.4) is 0 Å². The molecule has 0 aromatic heterocycles. The van der Waals surface area contributed by atoms with E-state index in [0.29, 0.717) is 5.02 Å². The molecular formula is C16H16ClIN2O. The van der Waals surface area contributed by atoms with E-state index in [1.807, 2.05) is 55.5 Å². The molecule has 0 unspecified atom stereocenters. The Bertz CT molecular complexity index is 633. The topological polar surface area (TPSA) is 41.1 Å². The van der Waals surface area contributed by atoms with E-state index >= 15 is 0 Å². The number of hydrogen-bond acceptors (Lipinski definition) is 2. The number of halogens is 2. The van der Waals surface area contributed by atoms with Crippen LogP contribution in [0.25, 0.3) is 0 Å². The molecule has 2 aromatic carbocycles. The summed E-state index contributed by atoms with van der Waals surface area (Å²) in [7, 11) is 0. The monoisotopic (exact) mass is 414 g/mol. The highest BCUT2D eigenvalue weighted by Crippen LogP contribution is 2.21. The van der Waals surface area contributed by atoms with Crippen LogP contribution in [0, 0.1) is 3.57 Å². The molecule has 2 N–H and O–H groups in total. The van der Waals surface area contributed by atoms with Crippen molar-refractivity contribution in [3.05, 3.63) is 62.7 Å². The van der Waals surface area contributed by atoms with Gasteiger partial charge in [0.05, 0.1) is 6.54 Å². The number of hydrogen-bond donors (Lipinski definition) is 2. The molecule has 5 heteroatoms. The smallest absolute Gasteiger partial charge is 0.238 e. The second kappa shape index (κ2) is 7.77. The predicted molar refractivity (Wildman–Crippen MR) is 95.7 cm³/mol. The number of anilines is 1. The molecule has 3 nitrogen and oxygen atoms in total. The Balaban J connectivity index is 1.88. The van der Waals surface area contributed by atoms with Crippen molar-refractivity contribution in [3.63, 3.8) is 0 Å². The highest BCUT2D eigenvalue weighted by Gasteiger charge is 2.10. The molecule has 110 valence electrons. The van der Waals surface area contributed by atoms with E-state index in [1.165, 1.54) is 0 Å². The highest BCUT2D eigenvalue weighted by atomic mass is 127. The molecule has 0 radical (unpaired) electrons. The van der Waals surface area contributed by atoms with Gasteiger partial charge in [-0.2, -0.15) is 0 Å². The van der Waals surface area contributed by atoms with Gasteiger partial charge in [0, 0.05) is 20.3 Å². The minimum absolute atomic E-state index is 0.0142. The van der Waals surface area contributed by atoms with Crippen molar-refractivity contribution in [3.8, 4) is 0 Å². The normalized spacial score (nSPS) is 12.0. The van der Waals surface area contributed by atoms with Gasteiger partial charge in [-0.1, -0.05) is 35.9 Å². The lowest BCUT2D eigenvalue weighted by Crippen LogP contribution is -2.30. The Kier molecular flexibility index (Phi) is 6.02. The molecule has 1 atom stereocenters. The van der Waals surface area contributed by atoms with Crippen molar-refractivity contribution in [1.29, 1.82) is 0 Å². The molecule has 2 aromatic rings. The van der Waals surface area contributed by atoms with Gasteiger partial charge in [0.1, 0.15) is 0 Å². The summed E-state index contributed by atoms with van der Waals surface area (Å²) in [6.45, 7) is 2.22. The van der Waals surface area contributed by atoms with Crippen LogP contribution >= 0.6 is 34.2 Å². The van der Waals surface area contributed by atoms with Crippen LogP contribution in [0.15, 0.2) is 48.5 Å². The zero-order chi connectivity index (χ0) is 15.2. The highest BCUT2D eigenvalue weighted by molar-refractivity contribution is 14.1. The van der Waals surface area contributed by atoms with Crippen molar-refractivity contribution in [2.45, 2.75) is 13.0 Å². The molecular weight excluding hydrogens is 399 g/mol. The summed E-state index contributed by atoms with van der Waals surface area (Å²) in [6.07, 6.45) is 0. The van der Waals surface area contributed by atoms with Crippen LogP contribution in [0.5, 0.6) is 0 Å². The van der Waals surface area contributed by atoms with E-state index in [9.17, 15) is 4.79 Å². The number of carbonyl (C=O) groups is 1. The first kappa shape index (κ1) is 16.3. The molecule has 0 spiro atoms. The molecule has 21 heavy (non-hydrogen) atoms. The first-order valence-corrected chi connectivity index (χ1v) is 8.05. The van der Waals surface area contributed by atoms with E-state index in [0.717, 1.165) is 14.8 Å². The Hall–Kier alpha value is -1.11. The first-order chi connectivity index (χ1) is 10.1. The summed E-state index contributed by atoms with van der Waals surface area (Å²) in [5, 5.41) is 6.75. The van der Waals surface area contributed by atoms with E-state index < -0.39 is 0 Å². The standard InChI is InChI=1S/C16H16ClIN2O/c1-11(14-7-2-3-8-15(14)17)19-10-16(21)20-13-6-4-5-12(18)9-13/h2-9,11,19H,10H2,1H3,(H,20,21)/t11-/m1/s1. The summed E-state index contributed by atoms with van der Waals surface area (Å²) in [6, 6.07) is 15.3. The van der Waals surface area contributed by atoms with Crippen molar-refractivity contribution in [2.75, 3.05) is 11.9 Å². The van der Waals surface area contributed by atoms with Crippen LogP contribution in [-0.4, -0.2) is 12.5 Å². The van der Waals surface area contributed by atoms with Crippen molar-refractivity contribution < 1.29 is 4.79 Å². The molecule has 0 fully saturated rings. The number of benzene rings is 2. The lowest BCUT2D eigenvalue weighted by Gasteiger charge is -2.15. The van der Waals surface area contributed by atoms with Gasteiger partial charge in [-0.05, 0) is 59.3 Å². The lowest BCUT2D eigenvalue weighted by atomic mass is 10.1. The van der Waals surface area contributed by atoms with Gasteiger partial charge in [-0.3, -0.25) is 4.79 Å². The van der Waals surface area contributed by atoms with Gasteiger partial charge in [0.15, 0.2) is 0 Å². The summed E-state index contributed by atoms with van der Waals surface area (Å²) in [5.74, 6) is -0.0732. The fourth-order valence-electron chi connectivity index (χ4n) is 1.95. The van der Waals surface area contributed by atoms with E-state index in [2.05, 4.69) is 33.2 Å². The largest absolute Gasteiger partial charge is 0.325 e. The van der Waals surface area contributed by atoms with E-state index in [-0.39, 0.29) is 18.5 Å². The quantitative estimate of drug-likeness (QED) is 0.719. The summed E-state index contributed by atoms with van der Waals surface area (Å²) < 4.78 is 1.09. The van der Waals surface area contributed by atoms with Gasteiger partial charge in [0.2, 0.25) is 5.91 Å². The number of amides is 1. The number of rotatable bonds is 5. The maximum atomic E-state index is 11.9. The Morgan fingerprint density at radius 3 is 2.71 bits per heavy atom. The Labute approximate surface area is 143 Å². The third kappa shape index (κ3) is 4.98. The maximum absolute atomic E-state index is 11.9. The average Bonchev–Trinajstić information content (AvgIpc) is 2.45. The van der Waals surface area contributed by atoms with Crippen LogP contribution in [0.1, 0.15) is 18.5 Å². The molecule has 0 aliphatic heterocycles. The summed E-state index contributed by atoms with van der Waals surface area (Å²) >= 11 is 8.35. The van der Waals surface area contributed by atoms with Gasteiger partial charge in [-0.15, -0.1) is 0 Å². The zero-order valence-electron chi connectivity index (χ0n) is 11.6. The van der Waals surface area contributed by atoms with Crippen LogP contribution < -0.4 is 10.6 Å². The van der Waals surface area contributed by atoms with Crippen LogP contribution in [0.4, 0.5) is 5.69 Å². The second-order valence-corrected chi connectivity index (χ2v) is 6.34. The Morgan fingerprint density at radius 2 is 2.00 bits per heavy atom. The minimum Gasteiger partial charge on any atom is -0.325 e. The summed E-state index contributed by atoms with van der Waals surface area (Å²) in [4.78, 5) is 11.9. The second-order valence-electron chi connectivity index (χ2n) is 4.68. The third-order valence-electron chi connectivity index (χ3n) is 3.05. The molecule has 0 saturated carbocycles. The number of nitrogens with one attached hydrogen (secondary N) is 2. The molecule has 2 rings (SSSR count). The first-order valence-electron chi connectivity index (χ1n) is 6.59. The van der Waals surface area contributed by atoms with Gasteiger partial charge in [-0.25, -0.2) is 0 Å².